The highest BCUT2D eigenvalue weighted by Gasteiger charge is 2.47. The zero-order valence-electron chi connectivity index (χ0n) is 14.5. The molecule has 0 amide bonds. The molecule has 2 aromatic carbocycles. The molecule has 2 aromatic rings. The van der Waals surface area contributed by atoms with Crippen LogP contribution in [0.25, 0.3) is 0 Å². The van der Waals surface area contributed by atoms with Crippen LogP contribution in [0.3, 0.4) is 0 Å². The molecule has 23 heavy (non-hydrogen) atoms. The zero-order chi connectivity index (χ0) is 16.8. The van der Waals surface area contributed by atoms with Crippen LogP contribution in [0.15, 0.2) is 36.4 Å². The van der Waals surface area contributed by atoms with Crippen molar-refractivity contribution in [1.82, 2.24) is 0 Å². The smallest absolute Gasteiger partial charge is 0.120 e. The molecule has 2 nitrogen and oxygen atoms in total. The number of aromatic hydroxyl groups is 2. The monoisotopic (exact) mass is 310 g/mol. The Balaban J connectivity index is 2.23. The van der Waals surface area contributed by atoms with Crippen LogP contribution in [0.4, 0.5) is 0 Å². The molecule has 1 aliphatic rings. The first-order valence-corrected chi connectivity index (χ1v) is 8.44. The lowest BCUT2D eigenvalue weighted by atomic mass is 9.75. The molecule has 0 heterocycles. The molecule has 0 spiro atoms. The minimum atomic E-state index is -0.285. The highest BCUT2D eigenvalue weighted by molar-refractivity contribution is 5.59. The van der Waals surface area contributed by atoms with Gasteiger partial charge in [-0.05, 0) is 53.1 Å². The van der Waals surface area contributed by atoms with Crippen LogP contribution in [-0.4, -0.2) is 10.2 Å². The molecule has 0 saturated heterocycles. The van der Waals surface area contributed by atoms with Gasteiger partial charge in [0.2, 0.25) is 0 Å². The number of aryl methyl sites for hydroxylation is 1. The van der Waals surface area contributed by atoms with E-state index in [9.17, 15) is 10.2 Å². The van der Waals surface area contributed by atoms with Crippen LogP contribution in [0.2, 0.25) is 0 Å². The van der Waals surface area contributed by atoms with E-state index < -0.39 is 0 Å². The van der Waals surface area contributed by atoms with Gasteiger partial charge in [0.05, 0.1) is 0 Å². The summed E-state index contributed by atoms with van der Waals surface area (Å²) in [5.41, 5.74) is 4.24. The molecule has 2 heteroatoms. The van der Waals surface area contributed by atoms with Crippen molar-refractivity contribution in [1.29, 1.82) is 0 Å². The molecule has 0 aliphatic heterocycles. The van der Waals surface area contributed by atoms with Crippen LogP contribution >= 0.6 is 0 Å². The van der Waals surface area contributed by atoms with Crippen molar-refractivity contribution in [2.45, 2.75) is 57.8 Å². The van der Waals surface area contributed by atoms with Gasteiger partial charge in [-0.2, -0.15) is 0 Å². The van der Waals surface area contributed by atoms with Gasteiger partial charge < -0.3 is 10.2 Å². The maximum absolute atomic E-state index is 10.8. The van der Waals surface area contributed by atoms with Gasteiger partial charge >= 0.3 is 0 Å². The second-order valence-electron chi connectivity index (χ2n) is 7.73. The van der Waals surface area contributed by atoms with Crippen molar-refractivity contribution in [3.8, 4) is 11.5 Å². The fourth-order valence-electron chi connectivity index (χ4n) is 4.39. The molecule has 0 radical (unpaired) electrons. The Morgan fingerprint density at radius 2 is 1.78 bits per heavy atom. The SMILES string of the molecule is CCCc1cc(O)c2c(c1)C(C)(C)CC2(C)c1cccc(O)c1. The van der Waals surface area contributed by atoms with Gasteiger partial charge in [-0.15, -0.1) is 0 Å². The molecular formula is C21H26O2. The minimum Gasteiger partial charge on any atom is -0.508 e. The maximum Gasteiger partial charge on any atom is 0.120 e. The minimum absolute atomic E-state index is 0.00320. The van der Waals surface area contributed by atoms with Crippen LogP contribution in [-0.2, 0) is 17.3 Å². The number of phenolic OH excluding ortho intramolecular Hbond substituents is 2. The Bertz CT molecular complexity index is 746. The van der Waals surface area contributed by atoms with Crippen LogP contribution in [0.1, 0.15) is 62.8 Å². The summed E-state index contributed by atoms with van der Waals surface area (Å²) in [4.78, 5) is 0. The molecule has 0 bridgehead atoms. The lowest BCUT2D eigenvalue weighted by Gasteiger charge is -2.28. The van der Waals surface area contributed by atoms with Crippen LogP contribution in [0.5, 0.6) is 11.5 Å². The van der Waals surface area contributed by atoms with Gasteiger partial charge in [0, 0.05) is 11.0 Å². The molecule has 122 valence electrons. The molecule has 1 atom stereocenters. The third-order valence-electron chi connectivity index (χ3n) is 5.28. The Hall–Kier alpha value is -1.96. The standard InChI is InChI=1S/C21H26O2/c1-5-7-14-10-17-19(18(23)11-14)21(4,13-20(17,2)3)15-8-6-9-16(22)12-15/h6,8-12,22-23H,5,7,13H2,1-4H3. The van der Waals surface area contributed by atoms with Crippen molar-refractivity contribution in [3.63, 3.8) is 0 Å². The molecule has 0 fully saturated rings. The molecule has 0 aromatic heterocycles. The number of hydrogen-bond donors (Lipinski definition) is 2. The van der Waals surface area contributed by atoms with Gasteiger partial charge in [-0.25, -0.2) is 0 Å². The lowest BCUT2D eigenvalue weighted by molar-refractivity contribution is 0.409. The molecular weight excluding hydrogens is 284 g/mol. The van der Waals surface area contributed by atoms with Gasteiger partial charge in [0.15, 0.2) is 0 Å². The number of phenols is 2. The summed E-state index contributed by atoms with van der Waals surface area (Å²) >= 11 is 0. The third-order valence-corrected chi connectivity index (χ3v) is 5.28. The average Bonchev–Trinajstić information content (AvgIpc) is 2.67. The van der Waals surface area contributed by atoms with Crippen molar-refractivity contribution in [3.05, 3.63) is 58.7 Å². The normalized spacial score (nSPS) is 22.1. The largest absolute Gasteiger partial charge is 0.508 e. The Morgan fingerprint density at radius 3 is 2.43 bits per heavy atom. The lowest BCUT2D eigenvalue weighted by Crippen LogP contribution is -2.23. The first-order valence-electron chi connectivity index (χ1n) is 8.44. The van der Waals surface area contributed by atoms with Crippen molar-refractivity contribution in [2.75, 3.05) is 0 Å². The second-order valence-corrected chi connectivity index (χ2v) is 7.73. The van der Waals surface area contributed by atoms with E-state index >= 15 is 0 Å². The highest BCUT2D eigenvalue weighted by atomic mass is 16.3. The van der Waals surface area contributed by atoms with E-state index in [4.69, 9.17) is 0 Å². The van der Waals surface area contributed by atoms with Crippen molar-refractivity contribution < 1.29 is 10.2 Å². The fraction of sp³-hybridized carbons (Fsp3) is 0.429. The first-order chi connectivity index (χ1) is 10.8. The molecule has 0 saturated carbocycles. The molecule has 1 aliphatic carbocycles. The van der Waals surface area contributed by atoms with E-state index in [-0.39, 0.29) is 16.6 Å². The summed E-state index contributed by atoms with van der Waals surface area (Å²) in [7, 11) is 0. The van der Waals surface area contributed by atoms with E-state index in [1.165, 1.54) is 11.1 Å². The van der Waals surface area contributed by atoms with Crippen LogP contribution < -0.4 is 0 Å². The second kappa shape index (κ2) is 5.30. The number of benzene rings is 2. The summed E-state index contributed by atoms with van der Waals surface area (Å²) < 4.78 is 0. The summed E-state index contributed by atoms with van der Waals surface area (Å²) in [5, 5.41) is 20.7. The Morgan fingerprint density at radius 1 is 1.04 bits per heavy atom. The number of fused-ring (bicyclic) bond motifs is 1. The molecule has 3 rings (SSSR count). The maximum atomic E-state index is 10.8. The molecule has 1 unspecified atom stereocenters. The van der Waals surface area contributed by atoms with Gasteiger partial charge in [0.1, 0.15) is 11.5 Å². The van der Waals surface area contributed by atoms with E-state index in [1.807, 2.05) is 24.3 Å². The molecule has 2 N–H and O–H groups in total. The number of hydrogen-bond acceptors (Lipinski definition) is 2. The summed E-state index contributed by atoms with van der Waals surface area (Å²) in [5.74, 6) is 0.666. The zero-order valence-corrected chi connectivity index (χ0v) is 14.5. The van der Waals surface area contributed by atoms with Crippen molar-refractivity contribution >= 4 is 0 Å². The Labute approximate surface area is 138 Å². The predicted molar refractivity (Wildman–Crippen MR) is 94.3 cm³/mol. The summed E-state index contributed by atoms with van der Waals surface area (Å²) in [6, 6.07) is 11.6. The first kappa shape index (κ1) is 15.9. The van der Waals surface area contributed by atoms with Crippen molar-refractivity contribution in [2.24, 2.45) is 0 Å². The quantitative estimate of drug-likeness (QED) is 0.834. The van der Waals surface area contributed by atoms with Gasteiger partial charge in [-0.1, -0.05) is 52.3 Å². The van der Waals surface area contributed by atoms with E-state index in [0.29, 0.717) is 5.75 Å². The van der Waals surface area contributed by atoms with Crippen LogP contribution in [0, 0.1) is 0 Å². The summed E-state index contributed by atoms with van der Waals surface area (Å²) in [6.07, 6.45) is 2.98. The topological polar surface area (TPSA) is 40.5 Å². The number of rotatable bonds is 3. The summed E-state index contributed by atoms with van der Waals surface area (Å²) in [6.45, 7) is 8.82. The average molecular weight is 310 g/mol. The predicted octanol–water partition coefficient (Wildman–Crippen LogP) is 5.04. The van der Waals surface area contributed by atoms with E-state index in [1.54, 1.807) is 6.07 Å². The van der Waals surface area contributed by atoms with E-state index in [0.717, 1.165) is 30.4 Å². The van der Waals surface area contributed by atoms with Gasteiger partial charge in [-0.3, -0.25) is 0 Å². The highest BCUT2D eigenvalue weighted by Crippen LogP contribution is 2.56. The van der Waals surface area contributed by atoms with Gasteiger partial charge in [0.25, 0.3) is 0 Å². The Kier molecular flexibility index (Phi) is 3.66. The third kappa shape index (κ3) is 2.50. The fourth-order valence-corrected chi connectivity index (χ4v) is 4.39. The van der Waals surface area contributed by atoms with E-state index in [2.05, 4.69) is 33.8 Å².